The van der Waals surface area contributed by atoms with Gasteiger partial charge in [-0.2, -0.15) is 0 Å². The summed E-state index contributed by atoms with van der Waals surface area (Å²) >= 11 is 0. The lowest BCUT2D eigenvalue weighted by Crippen LogP contribution is -2.29. The number of ether oxygens (including phenoxy) is 1. The van der Waals surface area contributed by atoms with Crippen LogP contribution < -0.4 is 10.2 Å². The van der Waals surface area contributed by atoms with Gasteiger partial charge >= 0.3 is 5.97 Å². The molecule has 0 unspecified atom stereocenters. The smallest absolute Gasteiger partial charge is 0.307 e. The van der Waals surface area contributed by atoms with Crippen molar-refractivity contribution in [2.45, 2.75) is 39.0 Å². The molecule has 0 aliphatic carbocycles. The summed E-state index contributed by atoms with van der Waals surface area (Å²) in [5.41, 5.74) is 6.88. The molecule has 19 heavy (non-hydrogen) atoms. The molecule has 0 amide bonds. The van der Waals surface area contributed by atoms with Gasteiger partial charge in [0.05, 0.1) is 13.0 Å². The average molecular weight is 281 g/mol. The zero-order chi connectivity index (χ0) is 14.5. The second-order valence-electron chi connectivity index (χ2n) is 5.40. The van der Waals surface area contributed by atoms with Crippen molar-refractivity contribution in [3.63, 3.8) is 0 Å². The topological polar surface area (TPSA) is 61.5 Å². The van der Waals surface area contributed by atoms with Crippen LogP contribution in [-0.2, 0) is 9.53 Å². The van der Waals surface area contributed by atoms with Gasteiger partial charge in [-0.3, -0.25) is 4.79 Å². The molecule has 2 N–H and O–H groups in total. The van der Waals surface area contributed by atoms with Gasteiger partial charge in [0.25, 0.3) is 0 Å². The standard InChI is InChI=1S/C14H23NO3Si/c1-5-17-14(16)10-13(15)11-6-8-12(9-7-11)18-19(2,3)4/h6-9,13H,5,10,15H2,1-4H3/t13-/m1/s1. The zero-order valence-corrected chi connectivity index (χ0v) is 13.1. The number of hydrogen-bond acceptors (Lipinski definition) is 4. The van der Waals surface area contributed by atoms with Gasteiger partial charge in [0.15, 0.2) is 0 Å². The molecule has 0 saturated heterocycles. The van der Waals surface area contributed by atoms with Crippen LogP contribution in [0.3, 0.4) is 0 Å². The quantitative estimate of drug-likeness (QED) is 0.643. The molecule has 0 heterocycles. The van der Waals surface area contributed by atoms with E-state index in [0.717, 1.165) is 11.3 Å². The Morgan fingerprint density at radius 2 is 1.84 bits per heavy atom. The predicted molar refractivity (Wildman–Crippen MR) is 78.6 cm³/mol. The van der Waals surface area contributed by atoms with E-state index in [0.29, 0.717) is 6.61 Å². The summed E-state index contributed by atoms with van der Waals surface area (Å²) in [6.45, 7) is 8.56. The van der Waals surface area contributed by atoms with Crippen molar-refractivity contribution in [3.8, 4) is 5.75 Å². The minimum Gasteiger partial charge on any atom is -0.544 e. The molecule has 0 fully saturated rings. The van der Waals surface area contributed by atoms with Crippen molar-refractivity contribution in [1.29, 1.82) is 0 Å². The van der Waals surface area contributed by atoms with E-state index in [2.05, 4.69) is 19.6 Å². The molecule has 0 saturated carbocycles. The molecule has 5 heteroatoms. The zero-order valence-electron chi connectivity index (χ0n) is 12.1. The third kappa shape index (κ3) is 5.89. The van der Waals surface area contributed by atoms with Gasteiger partial charge in [-0.05, 0) is 44.3 Å². The Morgan fingerprint density at radius 1 is 1.26 bits per heavy atom. The first kappa shape index (κ1) is 15.7. The lowest BCUT2D eigenvalue weighted by Gasteiger charge is -2.19. The van der Waals surface area contributed by atoms with Gasteiger partial charge in [0.2, 0.25) is 8.32 Å². The lowest BCUT2D eigenvalue weighted by atomic mass is 10.0. The van der Waals surface area contributed by atoms with Crippen LogP contribution in [0.25, 0.3) is 0 Å². The number of carbonyl (C=O) groups excluding carboxylic acids is 1. The largest absolute Gasteiger partial charge is 0.544 e. The van der Waals surface area contributed by atoms with Crippen LogP contribution in [0.4, 0.5) is 0 Å². The summed E-state index contributed by atoms with van der Waals surface area (Å²) in [5, 5.41) is 0. The molecule has 106 valence electrons. The van der Waals surface area contributed by atoms with Crippen molar-refractivity contribution >= 4 is 14.3 Å². The van der Waals surface area contributed by atoms with Crippen LogP contribution in [0.1, 0.15) is 24.9 Å². The number of carbonyl (C=O) groups is 1. The fourth-order valence-corrected chi connectivity index (χ4v) is 2.50. The van der Waals surface area contributed by atoms with Crippen LogP contribution in [0.2, 0.25) is 19.6 Å². The van der Waals surface area contributed by atoms with Crippen LogP contribution in [0, 0.1) is 0 Å². The predicted octanol–water partition coefficient (Wildman–Crippen LogP) is 2.85. The first-order chi connectivity index (χ1) is 8.81. The average Bonchev–Trinajstić information content (AvgIpc) is 2.27. The van der Waals surface area contributed by atoms with E-state index in [9.17, 15) is 4.79 Å². The highest BCUT2D eigenvalue weighted by Gasteiger charge is 2.17. The van der Waals surface area contributed by atoms with E-state index in [1.54, 1.807) is 6.92 Å². The highest BCUT2D eigenvalue weighted by Crippen LogP contribution is 2.21. The van der Waals surface area contributed by atoms with Crippen molar-refractivity contribution < 1.29 is 14.0 Å². The molecule has 0 radical (unpaired) electrons. The third-order valence-corrected chi connectivity index (χ3v) is 3.27. The summed E-state index contributed by atoms with van der Waals surface area (Å²) in [5.74, 6) is 0.587. The Hall–Kier alpha value is -1.33. The van der Waals surface area contributed by atoms with E-state index in [4.69, 9.17) is 14.9 Å². The van der Waals surface area contributed by atoms with Crippen LogP contribution in [-0.4, -0.2) is 20.9 Å². The summed E-state index contributed by atoms with van der Waals surface area (Å²) in [4.78, 5) is 11.4. The maximum absolute atomic E-state index is 11.4. The SMILES string of the molecule is CCOC(=O)C[C@@H](N)c1ccc(O[Si](C)(C)C)cc1. The van der Waals surface area contributed by atoms with Crippen molar-refractivity contribution in [3.05, 3.63) is 29.8 Å². The molecule has 0 aromatic heterocycles. The summed E-state index contributed by atoms with van der Waals surface area (Å²) in [6, 6.07) is 7.27. The number of rotatable bonds is 6. The molecule has 4 nitrogen and oxygen atoms in total. The van der Waals surface area contributed by atoms with E-state index in [1.165, 1.54) is 0 Å². The first-order valence-corrected chi connectivity index (χ1v) is 9.93. The Labute approximate surface area is 116 Å². The molecule has 0 bridgehead atoms. The van der Waals surface area contributed by atoms with E-state index < -0.39 is 8.32 Å². The highest BCUT2D eigenvalue weighted by molar-refractivity contribution is 6.70. The fourth-order valence-electron chi connectivity index (χ4n) is 1.65. The molecule has 1 rings (SSSR count). The number of hydrogen-bond donors (Lipinski definition) is 1. The van der Waals surface area contributed by atoms with Crippen molar-refractivity contribution in [1.82, 2.24) is 0 Å². The van der Waals surface area contributed by atoms with Crippen LogP contribution in [0.5, 0.6) is 5.75 Å². The number of benzene rings is 1. The van der Waals surface area contributed by atoms with Crippen LogP contribution >= 0.6 is 0 Å². The van der Waals surface area contributed by atoms with Gasteiger partial charge < -0.3 is 14.9 Å². The lowest BCUT2D eigenvalue weighted by molar-refractivity contribution is -0.143. The Morgan fingerprint density at radius 3 is 2.32 bits per heavy atom. The molecule has 1 aromatic carbocycles. The molecule has 1 aromatic rings. The second-order valence-corrected chi connectivity index (χ2v) is 9.83. The molecular formula is C14H23NO3Si. The first-order valence-electron chi connectivity index (χ1n) is 6.52. The van der Waals surface area contributed by atoms with E-state index in [1.807, 2.05) is 24.3 Å². The monoisotopic (exact) mass is 281 g/mol. The second kappa shape index (κ2) is 6.72. The normalized spacial score (nSPS) is 12.9. The third-order valence-electron chi connectivity index (χ3n) is 2.42. The Balaban J connectivity index is 2.63. The maximum atomic E-state index is 11.4. The van der Waals surface area contributed by atoms with E-state index >= 15 is 0 Å². The molecule has 0 aliphatic rings. The van der Waals surface area contributed by atoms with Gasteiger partial charge in [-0.15, -0.1) is 0 Å². The van der Waals surface area contributed by atoms with Crippen molar-refractivity contribution in [2.24, 2.45) is 5.73 Å². The minimum atomic E-state index is -1.58. The van der Waals surface area contributed by atoms with Gasteiger partial charge in [0.1, 0.15) is 5.75 Å². The number of esters is 1. The fraction of sp³-hybridized carbons (Fsp3) is 0.500. The number of nitrogens with two attached hydrogens (primary N) is 1. The van der Waals surface area contributed by atoms with Crippen molar-refractivity contribution in [2.75, 3.05) is 6.61 Å². The summed E-state index contributed by atoms with van der Waals surface area (Å²) < 4.78 is 10.7. The maximum Gasteiger partial charge on any atom is 0.307 e. The van der Waals surface area contributed by atoms with E-state index in [-0.39, 0.29) is 18.4 Å². The van der Waals surface area contributed by atoms with Crippen LogP contribution in [0.15, 0.2) is 24.3 Å². The molecule has 1 atom stereocenters. The summed E-state index contributed by atoms with van der Waals surface area (Å²) in [7, 11) is -1.58. The molecular weight excluding hydrogens is 258 g/mol. The molecule has 0 spiro atoms. The highest BCUT2D eigenvalue weighted by atomic mass is 28.4. The van der Waals surface area contributed by atoms with Gasteiger partial charge in [-0.1, -0.05) is 12.1 Å². The molecule has 0 aliphatic heterocycles. The van der Waals surface area contributed by atoms with Gasteiger partial charge in [0, 0.05) is 6.04 Å². The Bertz CT molecular complexity index is 412. The summed E-state index contributed by atoms with van der Waals surface area (Å²) in [6.07, 6.45) is 0.196. The Kier molecular flexibility index (Phi) is 5.56. The minimum absolute atomic E-state index is 0.196. The van der Waals surface area contributed by atoms with Gasteiger partial charge in [-0.25, -0.2) is 0 Å².